The van der Waals surface area contributed by atoms with E-state index in [1.807, 2.05) is 16.5 Å². The number of anilines is 1. The Labute approximate surface area is 151 Å². The topological polar surface area (TPSA) is 36.4 Å². The highest BCUT2D eigenvalue weighted by Crippen LogP contribution is 2.21. The van der Waals surface area contributed by atoms with Crippen LogP contribution in [0.4, 0.5) is 5.13 Å². The van der Waals surface area contributed by atoms with E-state index in [1.165, 1.54) is 16.3 Å². The van der Waals surface area contributed by atoms with Gasteiger partial charge in [-0.15, -0.1) is 11.3 Å². The van der Waals surface area contributed by atoms with E-state index in [9.17, 15) is 4.79 Å². The van der Waals surface area contributed by atoms with Gasteiger partial charge in [0.15, 0.2) is 5.13 Å². The van der Waals surface area contributed by atoms with Gasteiger partial charge in [0.05, 0.1) is 0 Å². The summed E-state index contributed by atoms with van der Waals surface area (Å²) in [6.45, 7) is 3.31. The van der Waals surface area contributed by atoms with Gasteiger partial charge in [-0.25, -0.2) is 4.98 Å². The Morgan fingerprint density at radius 2 is 1.84 bits per heavy atom. The standard InChI is InChI=1S/C20H21N3OS/c24-19(22-11-13-23(14-12-22)20-21-10-15-25-20)9-8-17-6-3-5-16-4-1-2-7-18(16)17/h1-7,10,15H,8-9,11-14H2. The summed E-state index contributed by atoms with van der Waals surface area (Å²) in [6.07, 6.45) is 3.21. The maximum absolute atomic E-state index is 12.6. The van der Waals surface area contributed by atoms with E-state index in [0.717, 1.165) is 37.7 Å². The van der Waals surface area contributed by atoms with Crippen LogP contribution in [0.25, 0.3) is 10.8 Å². The Balaban J connectivity index is 1.35. The summed E-state index contributed by atoms with van der Waals surface area (Å²) in [7, 11) is 0. The SMILES string of the molecule is O=C(CCc1cccc2ccccc12)N1CCN(c2nccs2)CC1. The predicted molar refractivity (Wildman–Crippen MR) is 103 cm³/mol. The maximum Gasteiger partial charge on any atom is 0.223 e. The highest BCUT2D eigenvalue weighted by Gasteiger charge is 2.22. The van der Waals surface area contributed by atoms with Crippen LogP contribution in [0.3, 0.4) is 0 Å². The smallest absolute Gasteiger partial charge is 0.223 e. The predicted octanol–water partition coefficient (Wildman–Crippen LogP) is 3.58. The lowest BCUT2D eigenvalue weighted by Crippen LogP contribution is -2.48. The molecule has 0 radical (unpaired) electrons. The molecule has 1 fully saturated rings. The molecule has 1 aliphatic heterocycles. The lowest BCUT2D eigenvalue weighted by Gasteiger charge is -2.34. The van der Waals surface area contributed by atoms with Gasteiger partial charge in [0, 0.05) is 44.2 Å². The zero-order chi connectivity index (χ0) is 17.1. The highest BCUT2D eigenvalue weighted by molar-refractivity contribution is 7.13. The lowest BCUT2D eigenvalue weighted by atomic mass is 10.0. The molecule has 2 heterocycles. The summed E-state index contributed by atoms with van der Waals surface area (Å²) in [5.74, 6) is 0.256. The van der Waals surface area contributed by atoms with Gasteiger partial charge in [0.25, 0.3) is 0 Å². The minimum atomic E-state index is 0.256. The lowest BCUT2D eigenvalue weighted by molar-refractivity contribution is -0.131. The minimum Gasteiger partial charge on any atom is -0.345 e. The minimum absolute atomic E-state index is 0.256. The quantitative estimate of drug-likeness (QED) is 0.721. The third-order valence-electron chi connectivity index (χ3n) is 4.81. The van der Waals surface area contributed by atoms with E-state index in [-0.39, 0.29) is 5.91 Å². The zero-order valence-electron chi connectivity index (χ0n) is 14.1. The Morgan fingerprint density at radius 3 is 2.64 bits per heavy atom. The van der Waals surface area contributed by atoms with E-state index >= 15 is 0 Å². The van der Waals surface area contributed by atoms with Crippen molar-refractivity contribution < 1.29 is 4.79 Å². The molecule has 0 bridgehead atoms. The van der Waals surface area contributed by atoms with Gasteiger partial charge in [-0.3, -0.25) is 4.79 Å². The van der Waals surface area contributed by atoms with Gasteiger partial charge >= 0.3 is 0 Å². The number of amides is 1. The van der Waals surface area contributed by atoms with Gasteiger partial charge < -0.3 is 9.80 Å². The molecule has 0 N–H and O–H groups in total. The summed E-state index contributed by atoms with van der Waals surface area (Å²) in [5, 5.41) is 5.55. The van der Waals surface area contributed by atoms with E-state index < -0.39 is 0 Å². The average molecular weight is 351 g/mol. The Kier molecular flexibility index (Phi) is 4.65. The van der Waals surface area contributed by atoms with Gasteiger partial charge in [-0.1, -0.05) is 42.5 Å². The molecule has 3 aromatic rings. The molecule has 4 nitrogen and oxygen atoms in total. The summed E-state index contributed by atoms with van der Waals surface area (Å²) >= 11 is 1.66. The second kappa shape index (κ2) is 7.23. The number of piperazine rings is 1. The summed E-state index contributed by atoms with van der Waals surface area (Å²) < 4.78 is 0. The molecule has 0 saturated carbocycles. The number of aryl methyl sites for hydroxylation is 1. The number of thiazole rings is 1. The van der Waals surface area contributed by atoms with E-state index in [2.05, 4.69) is 52.3 Å². The van der Waals surface area contributed by atoms with Gasteiger partial charge in [-0.2, -0.15) is 0 Å². The Morgan fingerprint density at radius 1 is 1.04 bits per heavy atom. The monoisotopic (exact) mass is 351 g/mol. The number of carbonyl (C=O) groups excluding carboxylic acids is 1. The molecule has 128 valence electrons. The first-order valence-electron chi connectivity index (χ1n) is 8.70. The molecule has 0 aliphatic carbocycles. The van der Waals surface area contributed by atoms with Crippen LogP contribution >= 0.6 is 11.3 Å². The molecular formula is C20H21N3OS. The number of aromatic nitrogens is 1. The number of fused-ring (bicyclic) bond motifs is 1. The maximum atomic E-state index is 12.6. The molecule has 25 heavy (non-hydrogen) atoms. The largest absolute Gasteiger partial charge is 0.345 e. The van der Waals surface area contributed by atoms with E-state index in [0.29, 0.717) is 6.42 Å². The molecule has 5 heteroatoms. The Bertz CT molecular complexity index is 849. The molecule has 0 unspecified atom stereocenters. The average Bonchev–Trinajstić information content (AvgIpc) is 3.21. The van der Waals surface area contributed by atoms with Crippen molar-refractivity contribution in [3.63, 3.8) is 0 Å². The first-order chi connectivity index (χ1) is 12.3. The normalized spacial score (nSPS) is 14.9. The molecule has 1 aromatic heterocycles. The second-order valence-electron chi connectivity index (χ2n) is 6.32. The molecule has 1 amide bonds. The first kappa shape index (κ1) is 16.1. The molecule has 2 aromatic carbocycles. The van der Waals surface area contributed by atoms with Gasteiger partial charge in [-0.05, 0) is 22.8 Å². The van der Waals surface area contributed by atoms with Crippen molar-refractivity contribution in [1.29, 1.82) is 0 Å². The second-order valence-corrected chi connectivity index (χ2v) is 7.19. The number of carbonyl (C=O) groups is 1. The molecular weight excluding hydrogens is 330 g/mol. The van der Waals surface area contributed by atoms with Crippen molar-refractivity contribution in [3.8, 4) is 0 Å². The van der Waals surface area contributed by atoms with Crippen LogP contribution in [-0.4, -0.2) is 42.0 Å². The molecule has 0 spiro atoms. The third kappa shape index (κ3) is 3.51. The summed E-state index contributed by atoms with van der Waals surface area (Å²) in [4.78, 5) is 21.2. The molecule has 1 aliphatic rings. The van der Waals surface area contributed by atoms with Gasteiger partial charge in [0.1, 0.15) is 0 Å². The van der Waals surface area contributed by atoms with Crippen LogP contribution in [0.2, 0.25) is 0 Å². The van der Waals surface area contributed by atoms with Crippen LogP contribution in [0.15, 0.2) is 54.0 Å². The van der Waals surface area contributed by atoms with Crippen molar-refractivity contribution in [2.75, 3.05) is 31.1 Å². The third-order valence-corrected chi connectivity index (χ3v) is 5.64. The fraction of sp³-hybridized carbons (Fsp3) is 0.300. The van der Waals surface area contributed by atoms with Crippen LogP contribution in [-0.2, 0) is 11.2 Å². The van der Waals surface area contributed by atoms with Gasteiger partial charge in [0.2, 0.25) is 5.91 Å². The number of hydrogen-bond donors (Lipinski definition) is 0. The van der Waals surface area contributed by atoms with Crippen molar-refractivity contribution in [2.24, 2.45) is 0 Å². The van der Waals surface area contributed by atoms with Crippen molar-refractivity contribution in [3.05, 3.63) is 59.6 Å². The summed E-state index contributed by atoms with van der Waals surface area (Å²) in [6, 6.07) is 14.7. The van der Waals surface area contributed by atoms with Crippen molar-refractivity contribution in [2.45, 2.75) is 12.8 Å². The molecule has 0 atom stereocenters. The molecule has 1 saturated heterocycles. The highest BCUT2D eigenvalue weighted by atomic mass is 32.1. The van der Waals surface area contributed by atoms with Crippen molar-refractivity contribution in [1.82, 2.24) is 9.88 Å². The fourth-order valence-corrected chi connectivity index (χ4v) is 4.13. The van der Waals surface area contributed by atoms with Crippen LogP contribution < -0.4 is 4.90 Å². The van der Waals surface area contributed by atoms with E-state index in [1.54, 1.807) is 11.3 Å². The van der Waals surface area contributed by atoms with Crippen LogP contribution in [0.1, 0.15) is 12.0 Å². The first-order valence-corrected chi connectivity index (χ1v) is 9.58. The fourth-order valence-electron chi connectivity index (χ4n) is 3.43. The number of benzene rings is 2. The number of rotatable bonds is 4. The zero-order valence-corrected chi connectivity index (χ0v) is 14.9. The number of nitrogens with zero attached hydrogens (tertiary/aromatic N) is 3. The van der Waals surface area contributed by atoms with Crippen molar-refractivity contribution >= 4 is 33.1 Å². The molecule has 4 rings (SSSR count). The Hall–Kier alpha value is -2.40. The summed E-state index contributed by atoms with van der Waals surface area (Å²) in [5.41, 5.74) is 1.26. The van der Waals surface area contributed by atoms with Crippen LogP contribution in [0, 0.1) is 0 Å². The van der Waals surface area contributed by atoms with E-state index in [4.69, 9.17) is 0 Å². The number of hydrogen-bond acceptors (Lipinski definition) is 4. The van der Waals surface area contributed by atoms with Crippen LogP contribution in [0.5, 0.6) is 0 Å².